The Morgan fingerprint density at radius 3 is 2.90 bits per heavy atom. The molecule has 2 heterocycles. The highest BCUT2D eigenvalue weighted by Gasteiger charge is 2.21. The lowest BCUT2D eigenvalue weighted by Crippen LogP contribution is -2.51. The molecule has 1 unspecified atom stereocenters. The van der Waals surface area contributed by atoms with Crippen LogP contribution in [0.4, 0.5) is 10.1 Å². The van der Waals surface area contributed by atoms with Crippen LogP contribution in [-0.4, -0.2) is 58.4 Å². The first-order valence-electron chi connectivity index (χ1n) is 10.5. The van der Waals surface area contributed by atoms with E-state index in [2.05, 4.69) is 32.0 Å². The summed E-state index contributed by atoms with van der Waals surface area (Å²) >= 11 is 1.84. The molecule has 2 aromatic rings. The van der Waals surface area contributed by atoms with Gasteiger partial charge in [-0.15, -0.1) is 34.2 Å². The summed E-state index contributed by atoms with van der Waals surface area (Å²) in [6.45, 7) is 5.02. The van der Waals surface area contributed by atoms with E-state index in [4.69, 9.17) is 4.99 Å². The monoisotopic (exact) mass is 561 g/mol. The first kappa shape index (κ1) is 25.7. The number of nitrogens with one attached hydrogen (secondary N) is 2. The molecule has 1 aromatic heterocycles. The molecular weight excluding hydrogens is 528 g/mol. The Labute approximate surface area is 205 Å². The maximum atomic E-state index is 13.6. The summed E-state index contributed by atoms with van der Waals surface area (Å²) in [5.74, 6) is 3.42. The number of piperidine rings is 1. The molecule has 1 aliphatic rings. The highest BCUT2D eigenvalue weighted by molar-refractivity contribution is 14.0. The Hall–Kier alpha value is -1.56. The van der Waals surface area contributed by atoms with Crippen LogP contribution in [0.2, 0.25) is 0 Å². The Morgan fingerprint density at radius 1 is 1.35 bits per heavy atom. The second-order valence-electron chi connectivity index (χ2n) is 7.57. The molecule has 0 bridgehead atoms. The molecule has 1 aliphatic heterocycles. The van der Waals surface area contributed by atoms with E-state index in [0.29, 0.717) is 6.54 Å². The molecule has 1 fully saturated rings. The number of hydrogen-bond donors (Lipinski definition) is 2. The van der Waals surface area contributed by atoms with Gasteiger partial charge in [0.1, 0.15) is 18.2 Å². The molecule has 3 rings (SSSR count). The second kappa shape index (κ2) is 13.1. The highest BCUT2D eigenvalue weighted by Crippen LogP contribution is 2.20. The standard InChI is InChI=1S/C21H32FN7S.HI/c1-16-26-27-20(28(16)2)14-24-21(23-10-6-12-30-3)25-18-8-5-11-29(15-18)19-9-4-7-17(22)13-19;/h4,7,9,13,18H,5-6,8,10-12,14-15H2,1-3H3,(H2,23,24,25);1H. The zero-order valence-electron chi connectivity index (χ0n) is 18.5. The van der Waals surface area contributed by atoms with E-state index in [9.17, 15) is 4.39 Å². The Kier molecular flexibility index (Phi) is 10.9. The van der Waals surface area contributed by atoms with Crippen molar-refractivity contribution in [1.29, 1.82) is 0 Å². The summed E-state index contributed by atoms with van der Waals surface area (Å²) in [6, 6.07) is 7.08. The number of aliphatic imine (C=N–C) groups is 1. The van der Waals surface area contributed by atoms with Crippen LogP contribution in [0.3, 0.4) is 0 Å². The molecule has 0 amide bonds. The topological polar surface area (TPSA) is 70.4 Å². The van der Waals surface area contributed by atoms with Crippen LogP contribution in [0.15, 0.2) is 29.3 Å². The molecule has 1 aromatic carbocycles. The SMILES string of the molecule is CSCCCNC(=NCc1nnc(C)n1C)NC1CCCN(c2cccc(F)c2)C1.I. The number of nitrogens with zero attached hydrogens (tertiary/aromatic N) is 5. The second-order valence-corrected chi connectivity index (χ2v) is 8.56. The predicted molar refractivity (Wildman–Crippen MR) is 138 cm³/mol. The number of anilines is 1. The fraction of sp³-hybridized carbons (Fsp3) is 0.571. The molecule has 1 atom stereocenters. The quantitative estimate of drug-likeness (QED) is 0.223. The normalized spacial score (nSPS) is 16.7. The number of benzene rings is 1. The van der Waals surface area contributed by atoms with Gasteiger partial charge in [0.25, 0.3) is 0 Å². The van der Waals surface area contributed by atoms with E-state index in [-0.39, 0.29) is 35.8 Å². The third kappa shape index (κ3) is 7.81. The van der Waals surface area contributed by atoms with Gasteiger partial charge >= 0.3 is 0 Å². The molecule has 1 saturated heterocycles. The number of thioether (sulfide) groups is 1. The van der Waals surface area contributed by atoms with Crippen molar-refractivity contribution in [3.8, 4) is 0 Å². The van der Waals surface area contributed by atoms with Crippen LogP contribution in [-0.2, 0) is 13.6 Å². The zero-order chi connectivity index (χ0) is 21.3. The van der Waals surface area contributed by atoms with Gasteiger partial charge in [-0.05, 0) is 56.4 Å². The fourth-order valence-electron chi connectivity index (χ4n) is 3.51. The van der Waals surface area contributed by atoms with E-state index >= 15 is 0 Å². The lowest BCUT2D eigenvalue weighted by molar-refractivity contribution is 0.467. The summed E-state index contributed by atoms with van der Waals surface area (Å²) in [5, 5.41) is 15.4. The minimum absolute atomic E-state index is 0. The first-order valence-corrected chi connectivity index (χ1v) is 11.9. The molecular formula is C21H33FIN7S. The maximum Gasteiger partial charge on any atom is 0.191 e. The minimum Gasteiger partial charge on any atom is -0.369 e. The van der Waals surface area contributed by atoms with Crippen molar-refractivity contribution in [2.45, 2.75) is 38.8 Å². The van der Waals surface area contributed by atoms with Crippen molar-refractivity contribution in [3.63, 3.8) is 0 Å². The third-order valence-electron chi connectivity index (χ3n) is 5.31. The predicted octanol–water partition coefficient (Wildman–Crippen LogP) is 3.34. The lowest BCUT2D eigenvalue weighted by atomic mass is 10.0. The molecule has 31 heavy (non-hydrogen) atoms. The fourth-order valence-corrected chi connectivity index (χ4v) is 3.94. The molecule has 0 aliphatic carbocycles. The van der Waals surface area contributed by atoms with E-state index in [0.717, 1.165) is 67.9 Å². The average Bonchev–Trinajstić information content (AvgIpc) is 3.07. The van der Waals surface area contributed by atoms with Gasteiger partial charge in [-0.25, -0.2) is 9.38 Å². The van der Waals surface area contributed by atoms with Crippen molar-refractivity contribution in [2.75, 3.05) is 36.5 Å². The average molecular weight is 562 g/mol. The van der Waals surface area contributed by atoms with E-state index in [1.165, 1.54) is 6.07 Å². The van der Waals surface area contributed by atoms with Crippen molar-refractivity contribution in [1.82, 2.24) is 25.4 Å². The van der Waals surface area contributed by atoms with Crippen LogP contribution >= 0.6 is 35.7 Å². The van der Waals surface area contributed by atoms with Gasteiger partial charge in [0, 0.05) is 38.4 Å². The van der Waals surface area contributed by atoms with E-state index in [1.807, 2.05) is 36.4 Å². The van der Waals surface area contributed by atoms with E-state index < -0.39 is 0 Å². The smallest absolute Gasteiger partial charge is 0.191 e. The Morgan fingerprint density at radius 2 is 2.19 bits per heavy atom. The minimum atomic E-state index is -0.195. The van der Waals surface area contributed by atoms with Crippen LogP contribution in [0.25, 0.3) is 0 Å². The summed E-state index contributed by atoms with van der Waals surface area (Å²) in [5.41, 5.74) is 0.933. The molecule has 2 N–H and O–H groups in total. The highest BCUT2D eigenvalue weighted by atomic mass is 127. The zero-order valence-corrected chi connectivity index (χ0v) is 21.6. The summed E-state index contributed by atoms with van der Waals surface area (Å²) in [4.78, 5) is 7.00. The number of guanidine groups is 1. The third-order valence-corrected chi connectivity index (χ3v) is 6.01. The van der Waals surface area contributed by atoms with Gasteiger partial charge in [0.2, 0.25) is 0 Å². The summed E-state index contributed by atoms with van der Waals surface area (Å²) < 4.78 is 15.6. The molecule has 172 valence electrons. The van der Waals surface area contributed by atoms with E-state index in [1.54, 1.807) is 12.1 Å². The van der Waals surface area contributed by atoms with Gasteiger partial charge in [0.15, 0.2) is 11.8 Å². The largest absolute Gasteiger partial charge is 0.369 e. The Balaban J connectivity index is 0.00000341. The summed E-state index contributed by atoms with van der Waals surface area (Å²) in [6.07, 6.45) is 5.30. The van der Waals surface area contributed by atoms with Gasteiger partial charge in [-0.1, -0.05) is 6.07 Å². The molecule has 0 saturated carbocycles. The number of hydrogen-bond acceptors (Lipinski definition) is 5. The van der Waals surface area contributed by atoms with Crippen LogP contribution in [0.1, 0.15) is 30.9 Å². The van der Waals surface area contributed by atoms with Crippen molar-refractivity contribution < 1.29 is 4.39 Å². The van der Waals surface area contributed by atoms with Crippen molar-refractivity contribution in [2.24, 2.45) is 12.0 Å². The van der Waals surface area contributed by atoms with Crippen LogP contribution in [0.5, 0.6) is 0 Å². The maximum absolute atomic E-state index is 13.6. The lowest BCUT2D eigenvalue weighted by Gasteiger charge is -2.35. The number of aryl methyl sites for hydroxylation is 1. The van der Waals surface area contributed by atoms with Crippen LogP contribution < -0.4 is 15.5 Å². The first-order chi connectivity index (χ1) is 14.6. The van der Waals surface area contributed by atoms with Crippen LogP contribution in [0, 0.1) is 12.7 Å². The van der Waals surface area contributed by atoms with Crippen molar-refractivity contribution in [3.05, 3.63) is 41.7 Å². The van der Waals surface area contributed by atoms with Gasteiger partial charge in [-0.3, -0.25) is 0 Å². The molecule has 7 nitrogen and oxygen atoms in total. The summed E-state index contributed by atoms with van der Waals surface area (Å²) in [7, 11) is 1.96. The van der Waals surface area contributed by atoms with Crippen molar-refractivity contribution >= 4 is 47.4 Å². The van der Waals surface area contributed by atoms with Gasteiger partial charge < -0.3 is 20.1 Å². The Bertz CT molecular complexity index is 845. The van der Waals surface area contributed by atoms with Gasteiger partial charge in [0.05, 0.1) is 0 Å². The molecule has 0 radical (unpaired) electrons. The number of halogens is 2. The van der Waals surface area contributed by atoms with Gasteiger partial charge in [-0.2, -0.15) is 11.8 Å². The molecule has 0 spiro atoms. The number of aromatic nitrogens is 3. The number of rotatable bonds is 8. The molecule has 10 heteroatoms.